The first kappa shape index (κ1) is 46.4. The van der Waals surface area contributed by atoms with E-state index in [9.17, 15) is 44.1 Å². The van der Waals surface area contributed by atoms with Gasteiger partial charge in [0.25, 0.3) is 0 Å². The molecule has 1 aromatic carbocycles. The number of benzene rings is 1. The number of Topliss-reactive ketones (excluding diaryl/α,β-unsaturated/α-hetero) is 1. The summed E-state index contributed by atoms with van der Waals surface area (Å²) >= 11 is 0. The summed E-state index contributed by atoms with van der Waals surface area (Å²) in [6.45, 7) is 11.7. The molecule has 3 aliphatic carbocycles. The highest BCUT2D eigenvalue weighted by Gasteiger charge is 2.78. The molecule has 19 nitrogen and oxygen atoms in total. The Morgan fingerprint density at radius 2 is 1.63 bits per heavy atom. The van der Waals surface area contributed by atoms with Crippen LogP contribution in [0.5, 0.6) is 0 Å². The predicted molar refractivity (Wildman–Crippen MR) is 209 cm³/mol. The number of aliphatic hydroxyl groups excluding tert-OH is 2. The molecule has 1 amide bonds. The summed E-state index contributed by atoms with van der Waals surface area (Å²) in [4.78, 5) is 96.4. The van der Waals surface area contributed by atoms with Crippen molar-refractivity contribution in [3.63, 3.8) is 0 Å². The maximum absolute atomic E-state index is 15.5. The van der Waals surface area contributed by atoms with Crippen LogP contribution >= 0.6 is 0 Å². The second kappa shape index (κ2) is 15.9. The number of fused-ring (bicyclic) bond motifs is 5. The number of esters is 4. The van der Waals surface area contributed by atoms with Gasteiger partial charge >= 0.3 is 36.1 Å². The number of alkyl carbamates (subject to hydrolysis) is 1. The summed E-state index contributed by atoms with van der Waals surface area (Å²) < 4.78 is 45.7. The summed E-state index contributed by atoms with van der Waals surface area (Å²) in [6.07, 6.45) is -13.1. The van der Waals surface area contributed by atoms with Gasteiger partial charge < -0.3 is 58.5 Å². The van der Waals surface area contributed by atoms with Gasteiger partial charge in [-0.3, -0.25) is 14.4 Å². The number of carbonyl (C=O) groups excluding carboxylic acids is 7. The average Bonchev–Trinajstić information content (AvgIpc) is 3.42. The van der Waals surface area contributed by atoms with Crippen molar-refractivity contribution in [3.05, 3.63) is 47.0 Å². The molecule has 1 aromatic rings. The number of cyclic esters (lactones) is 1. The van der Waals surface area contributed by atoms with Gasteiger partial charge in [0.1, 0.15) is 29.5 Å². The van der Waals surface area contributed by atoms with Crippen LogP contribution in [0.15, 0.2) is 41.5 Å². The number of hydrogen-bond donors (Lipinski definition) is 4. The monoisotopic (exact) mass is 873 g/mol. The number of hydrogen-bond acceptors (Lipinski definition) is 18. The van der Waals surface area contributed by atoms with E-state index in [0.717, 1.165) is 14.0 Å². The highest BCUT2D eigenvalue weighted by atomic mass is 16.8. The fraction of sp³-hybridized carbons (Fsp3) is 0.651. The van der Waals surface area contributed by atoms with Crippen LogP contribution in [0.25, 0.3) is 0 Å². The van der Waals surface area contributed by atoms with Gasteiger partial charge in [0, 0.05) is 25.2 Å². The van der Waals surface area contributed by atoms with E-state index in [1.54, 1.807) is 18.2 Å². The summed E-state index contributed by atoms with van der Waals surface area (Å²) in [6, 6.07) is 6.30. The summed E-state index contributed by atoms with van der Waals surface area (Å²) in [5, 5.41) is 37.8. The van der Waals surface area contributed by atoms with Crippen LogP contribution in [0.4, 0.5) is 9.59 Å². The van der Waals surface area contributed by atoms with Crippen molar-refractivity contribution in [2.75, 3.05) is 20.3 Å². The van der Waals surface area contributed by atoms with Gasteiger partial charge in [0.15, 0.2) is 17.5 Å². The quantitative estimate of drug-likeness (QED) is 0.157. The van der Waals surface area contributed by atoms with Crippen LogP contribution in [0.3, 0.4) is 0 Å². The highest BCUT2D eigenvalue weighted by Crippen LogP contribution is 2.64. The third-order valence-electron chi connectivity index (χ3n) is 13.6. The Morgan fingerprint density at radius 3 is 2.19 bits per heavy atom. The molecule has 2 aliphatic heterocycles. The molecule has 2 saturated heterocycles. The van der Waals surface area contributed by atoms with E-state index in [1.807, 2.05) is 0 Å². The van der Waals surface area contributed by atoms with Crippen molar-refractivity contribution in [3.8, 4) is 0 Å². The van der Waals surface area contributed by atoms with Gasteiger partial charge in [-0.1, -0.05) is 32.0 Å². The topological polar surface area (TPSA) is 266 Å². The molecule has 2 bridgehead atoms. The van der Waals surface area contributed by atoms with Gasteiger partial charge in [-0.15, -0.1) is 0 Å². The van der Waals surface area contributed by atoms with E-state index >= 15 is 4.79 Å². The first-order valence-corrected chi connectivity index (χ1v) is 20.2. The highest BCUT2D eigenvalue weighted by molar-refractivity contribution is 5.96. The van der Waals surface area contributed by atoms with Crippen molar-refractivity contribution in [1.29, 1.82) is 0 Å². The van der Waals surface area contributed by atoms with Crippen molar-refractivity contribution in [1.82, 2.24) is 5.32 Å². The van der Waals surface area contributed by atoms with Crippen LogP contribution in [-0.4, -0.2) is 137 Å². The molecule has 62 heavy (non-hydrogen) atoms. The molecule has 0 spiro atoms. The normalized spacial score (nSPS) is 35.6. The molecule has 5 aliphatic rings. The third-order valence-corrected chi connectivity index (χ3v) is 13.6. The first-order valence-electron chi connectivity index (χ1n) is 20.2. The van der Waals surface area contributed by atoms with E-state index in [2.05, 4.69) is 5.32 Å². The van der Waals surface area contributed by atoms with Crippen molar-refractivity contribution < 1.29 is 86.8 Å². The number of ketones is 1. The van der Waals surface area contributed by atoms with Crippen LogP contribution in [0.1, 0.15) is 85.5 Å². The molecule has 11 atom stereocenters. The largest absolute Gasteiger partial charge is 0.508 e. The molecule has 6 rings (SSSR count). The van der Waals surface area contributed by atoms with Crippen molar-refractivity contribution in [2.45, 2.75) is 135 Å². The Balaban J connectivity index is 1.54. The number of aliphatic hydroxyl groups is 3. The summed E-state index contributed by atoms with van der Waals surface area (Å²) in [5.74, 6) is -6.58. The number of ether oxygens (including phenoxy) is 8. The number of nitrogens with one attached hydrogen (secondary N) is 1. The van der Waals surface area contributed by atoms with E-state index in [1.165, 1.54) is 67.5 Å². The van der Waals surface area contributed by atoms with Gasteiger partial charge in [0.2, 0.25) is 6.10 Å². The van der Waals surface area contributed by atoms with Gasteiger partial charge in [0.05, 0.1) is 54.8 Å². The Labute approximate surface area is 357 Å². The Hall–Kier alpha value is -5.11. The molecule has 4 fully saturated rings. The molecule has 2 saturated carbocycles. The van der Waals surface area contributed by atoms with Crippen LogP contribution in [0, 0.1) is 22.2 Å². The minimum Gasteiger partial charge on any atom is -0.455 e. The number of carbonyl (C=O) groups is 7. The summed E-state index contributed by atoms with van der Waals surface area (Å²) in [5.41, 5.74) is -11.0. The first-order chi connectivity index (χ1) is 28.7. The fourth-order valence-electron chi connectivity index (χ4n) is 9.87. The zero-order valence-electron chi connectivity index (χ0n) is 36.3. The average molecular weight is 874 g/mol. The van der Waals surface area contributed by atoms with E-state index in [4.69, 9.17) is 37.9 Å². The lowest BCUT2D eigenvalue weighted by Crippen LogP contribution is -2.82. The Kier molecular flexibility index (Phi) is 11.9. The number of methoxy groups -OCH3 is 1. The maximum atomic E-state index is 15.5. The van der Waals surface area contributed by atoms with Crippen LogP contribution in [-0.2, 0) is 57.1 Å². The van der Waals surface area contributed by atoms with Crippen LogP contribution in [0.2, 0.25) is 0 Å². The zero-order chi connectivity index (χ0) is 46.1. The minimum absolute atomic E-state index is 0.0262. The predicted octanol–water partition coefficient (Wildman–Crippen LogP) is 2.24. The second-order valence-electron chi connectivity index (χ2n) is 18.6. The van der Waals surface area contributed by atoms with E-state index in [0.29, 0.717) is 0 Å². The molecule has 4 N–H and O–H groups in total. The SMILES string of the molecule is COC(=O)O[C@@]12CO[C@@H]1CC(O)[C@@]1(C)C(=O)[C@H](OC(C)=O)C3=C(C)[C@@H](OC(=O)C4OC(=O)C(C)(C)[C@@H]4NC(=O)OC(C)(C)CO)C[C@@](O)([C@@H](OC(=O)c4ccccc4)C12)C3(C)C. The van der Waals surface area contributed by atoms with E-state index in [-0.39, 0.29) is 23.1 Å². The molecule has 340 valence electrons. The number of rotatable bonds is 9. The maximum Gasteiger partial charge on any atom is 0.508 e. The second-order valence-corrected chi connectivity index (χ2v) is 18.6. The molecule has 0 aromatic heterocycles. The Morgan fingerprint density at radius 1 is 0.984 bits per heavy atom. The molecular weight excluding hydrogens is 818 g/mol. The molecular formula is C43H55NO18. The van der Waals surface area contributed by atoms with E-state index < -0.39 is 143 Å². The van der Waals surface area contributed by atoms with Crippen molar-refractivity contribution >= 4 is 41.9 Å². The lowest BCUT2D eigenvalue weighted by Gasteiger charge is -2.67. The lowest BCUT2D eigenvalue weighted by atomic mass is 9.44. The summed E-state index contributed by atoms with van der Waals surface area (Å²) in [7, 11) is 1.05. The smallest absolute Gasteiger partial charge is 0.455 e. The van der Waals surface area contributed by atoms with Gasteiger partial charge in [-0.2, -0.15) is 0 Å². The molecule has 2 heterocycles. The van der Waals surface area contributed by atoms with Crippen molar-refractivity contribution in [2.24, 2.45) is 22.2 Å². The minimum atomic E-state index is -2.46. The standard InChI is InChI=1S/C43H55NO18/c1-20-23(58-34(50)28-30(39(5,6)35(51)59-28)44-36(52)61-38(3,4)18-45)17-43(54)32(60-33(49)22-14-12-11-13-15-22)29-41(9,31(48)27(57-21(2)46)26(20)40(43,7)8)24(47)16-25-42(29,19-56-25)62-37(53)55-10/h11-15,23-25,27-30,32,45,47,54H,16-19H2,1-10H3,(H,44,52)/t23-,24?,25+,27+,28?,29?,30+,32-,41+,42-,43+/m0/s1. The third kappa shape index (κ3) is 7.29. The molecule has 3 unspecified atom stereocenters. The Bertz CT molecular complexity index is 2060. The lowest BCUT2D eigenvalue weighted by molar-refractivity contribution is -0.344. The zero-order valence-corrected chi connectivity index (χ0v) is 36.3. The van der Waals surface area contributed by atoms with Crippen LogP contribution < -0.4 is 5.32 Å². The molecule has 19 heteroatoms. The fourth-order valence-corrected chi connectivity index (χ4v) is 9.87. The number of amides is 1. The van der Waals surface area contributed by atoms with Gasteiger partial charge in [-0.05, 0) is 64.8 Å². The molecule has 0 radical (unpaired) electrons. The van der Waals surface area contributed by atoms with Gasteiger partial charge in [-0.25, -0.2) is 19.2 Å².